The van der Waals surface area contributed by atoms with E-state index in [1.54, 1.807) is 0 Å². The molecule has 0 saturated carbocycles. The molecule has 1 saturated heterocycles. The fraction of sp³-hybridized carbons (Fsp3) is 0.455. The molecule has 0 spiro atoms. The maximum Gasteiger partial charge on any atom is 0.274 e. The highest BCUT2D eigenvalue weighted by Crippen LogP contribution is 2.32. The number of hydrogen-bond donors (Lipinski definition) is 2. The molecule has 1 aromatic rings. The van der Waals surface area contributed by atoms with Crippen molar-refractivity contribution in [1.82, 2.24) is 4.31 Å². The first kappa shape index (κ1) is 15.6. The van der Waals surface area contributed by atoms with Crippen molar-refractivity contribution in [3.05, 3.63) is 28.1 Å². The van der Waals surface area contributed by atoms with Crippen LogP contribution in [0, 0.1) is 21.8 Å². The summed E-state index contributed by atoms with van der Waals surface area (Å²) < 4.78 is 39.7. The van der Waals surface area contributed by atoms with Crippen molar-refractivity contribution in [3.63, 3.8) is 0 Å². The van der Waals surface area contributed by atoms with E-state index in [0.717, 1.165) is 10.4 Å². The van der Waals surface area contributed by atoms with Crippen LogP contribution in [0.5, 0.6) is 0 Å². The first-order chi connectivity index (χ1) is 9.77. The number of nitro benzene ring substituents is 1. The Balaban J connectivity index is 2.44. The fourth-order valence-electron chi connectivity index (χ4n) is 2.27. The van der Waals surface area contributed by atoms with Crippen molar-refractivity contribution in [2.75, 3.05) is 25.4 Å². The molecule has 1 aromatic carbocycles. The third-order valence-corrected chi connectivity index (χ3v) is 5.33. The van der Waals surface area contributed by atoms with Gasteiger partial charge in [0.2, 0.25) is 10.0 Å². The second-order valence-corrected chi connectivity index (χ2v) is 6.68. The van der Waals surface area contributed by atoms with E-state index < -0.39 is 37.0 Å². The molecule has 0 radical (unpaired) electrons. The first-order valence-electron chi connectivity index (χ1n) is 6.11. The zero-order valence-electron chi connectivity index (χ0n) is 10.9. The van der Waals surface area contributed by atoms with Gasteiger partial charge >= 0.3 is 0 Å². The highest BCUT2D eigenvalue weighted by atomic mass is 32.2. The summed E-state index contributed by atoms with van der Waals surface area (Å²) in [5, 5.41) is 19.6. The fourth-order valence-corrected chi connectivity index (χ4v) is 3.94. The number of nitro groups is 1. The average molecular weight is 319 g/mol. The molecule has 1 atom stereocenters. The summed E-state index contributed by atoms with van der Waals surface area (Å²) in [7, 11) is -4.19. The molecular formula is C11H14FN3O5S. The molecule has 0 bridgehead atoms. The van der Waals surface area contributed by atoms with E-state index in [2.05, 4.69) is 0 Å². The lowest BCUT2D eigenvalue weighted by Crippen LogP contribution is -2.30. The third-order valence-electron chi connectivity index (χ3n) is 3.37. The predicted octanol–water partition coefficient (Wildman–Crippen LogP) is 0.319. The Labute approximate surface area is 120 Å². The quantitative estimate of drug-likeness (QED) is 0.467. The van der Waals surface area contributed by atoms with Crippen LogP contribution < -0.4 is 5.73 Å². The normalized spacial score (nSPS) is 19.8. The lowest BCUT2D eigenvalue weighted by molar-refractivity contribution is -0.385. The molecule has 1 fully saturated rings. The van der Waals surface area contributed by atoms with Crippen molar-refractivity contribution in [2.45, 2.75) is 11.3 Å². The number of benzene rings is 1. The second kappa shape index (κ2) is 5.54. The highest BCUT2D eigenvalue weighted by Gasteiger charge is 2.36. The molecule has 3 N–H and O–H groups in total. The smallest absolute Gasteiger partial charge is 0.274 e. The van der Waals surface area contributed by atoms with E-state index in [1.807, 2.05) is 0 Å². The van der Waals surface area contributed by atoms with E-state index in [0.29, 0.717) is 12.5 Å². The lowest BCUT2D eigenvalue weighted by Gasteiger charge is -2.18. The van der Waals surface area contributed by atoms with E-state index in [1.165, 1.54) is 0 Å². The Hall–Kier alpha value is -1.78. The van der Waals surface area contributed by atoms with Gasteiger partial charge < -0.3 is 10.8 Å². The van der Waals surface area contributed by atoms with Crippen LogP contribution in [0.3, 0.4) is 0 Å². The Morgan fingerprint density at radius 3 is 2.67 bits per heavy atom. The van der Waals surface area contributed by atoms with Gasteiger partial charge in [-0.15, -0.1) is 0 Å². The topological polar surface area (TPSA) is 127 Å². The Morgan fingerprint density at radius 2 is 2.19 bits per heavy atom. The molecule has 2 rings (SSSR count). The number of aliphatic hydroxyl groups excluding tert-OH is 1. The van der Waals surface area contributed by atoms with Crippen molar-refractivity contribution >= 4 is 21.4 Å². The Kier molecular flexibility index (Phi) is 4.12. The van der Waals surface area contributed by atoms with Gasteiger partial charge in [-0.1, -0.05) is 0 Å². The van der Waals surface area contributed by atoms with Gasteiger partial charge in [-0.25, -0.2) is 12.8 Å². The van der Waals surface area contributed by atoms with Gasteiger partial charge in [0, 0.05) is 25.8 Å². The molecule has 10 heteroatoms. The molecule has 1 heterocycles. The maximum atomic E-state index is 14.0. The zero-order valence-corrected chi connectivity index (χ0v) is 11.7. The van der Waals surface area contributed by atoms with Crippen LogP contribution in [-0.4, -0.2) is 42.4 Å². The summed E-state index contributed by atoms with van der Waals surface area (Å²) in [6.07, 6.45) is 0.463. The number of hydrogen-bond acceptors (Lipinski definition) is 6. The highest BCUT2D eigenvalue weighted by molar-refractivity contribution is 7.89. The zero-order chi connectivity index (χ0) is 15.8. The van der Waals surface area contributed by atoms with Gasteiger partial charge in [0.05, 0.1) is 16.7 Å². The molecule has 1 unspecified atom stereocenters. The Morgan fingerprint density at radius 1 is 1.52 bits per heavy atom. The van der Waals surface area contributed by atoms with Gasteiger partial charge in [-0.05, 0) is 12.3 Å². The maximum absolute atomic E-state index is 14.0. The minimum Gasteiger partial charge on any atom is -0.397 e. The van der Waals surface area contributed by atoms with Crippen molar-refractivity contribution < 1.29 is 22.8 Å². The van der Waals surface area contributed by atoms with E-state index in [9.17, 15) is 22.9 Å². The number of anilines is 1. The standard InChI is InChI=1S/C11H14FN3O5S/c12-9-3-8(15(17)18)4-10(13)11(9)21(19,20)14-2-1-7(5-14)6-16/h3-4,7,16H,1-2,5-6,13H2. The monoisotopic (exact) mass is 319 g/mol. The summed E-state index contributed by atoms with van der Waals surface area (Å²) in [5.41, 5.74) is 4.36. The van der Waals surface area contributed by atoms with Crippen molar-refractivity contribution in [2.24, 2.45) is 5.92 Å². The molecule has 116 valence electrons. The number of rotatable bonds is 4. The minimum absolute atomic E-state index is 0.0642. The molecule has 8 nitrogen and oxygen atoms in total. The van der Waals surface area contributed by atoms with Gasteiger partial charge in [-0.3, -0.25) is 10.1 Å². The second-order valence-electron chi connectivity index (χ2n) is 4.80. The summed E-state index contributed by atoms with van der Waals surface area (Å²) in [6.45, 7) is 0.0440. The van der Waals surface area contributed by atoms with Crippen LogP contribution in [0.25, 0.3) is 0 Å². The molecular weight excluding hydrogens is 305 g/mol. The molecule has 0 aliphatic carbocycles. The van der Waals surface area contributed by atoms with Crippen LogP contribution in [0.4, 0.5) is 15.8 Å². The van der Waals surface area contributed by atoms with E-state index in [-0.39, 0.29) is 25.6 Å². The molecule has 1 aliphatic heterocycles. The third kappa shape index (κ3) is 2.82. The van der Waals surface area contributed by atoms with E-state index >= 15 is 0 Å². The number of sulfonamides is 1. The Bertz CT molecular complexity index is 655. The van der Waals surface area contributed by atoms with Crippen molar-refractivity contribution in [3.8, 4) is 0 Å². The molecule has 1 aliphatic rings. The number of halogens is 1. The van der Waals surface area contributed by atoms with Gasteiger partial charge in [0.15, 0.2) is 5.82 Å². The van der Waals surface area contributed by atoms with Crippen molar-refractivity contribution in [1.29, 1.82) is 0 Å². The van der Waals surface area contributed by atoms with Crippen LogP contribution in [0.15, 0.2) is 17.0 Å². The van der Waals surface area contributed by atoms with Gasteiger partial charge in [0.1, 0.15) is 4.90 Å². The predicted molar refractivity (Wildman–Crippen MR) is 71.4 cm³/mol. The first-order valence-corrected chi connectivity index (χ1v) is 7.55. The van der Waals surface area contributed by atoms with Gasteiger partial charge in [0.25, 0.3) is 5.69 Å². The van der Waals surface area contributed by atoms with Crippen LogP contribution in [0.2, 0.25) is 0 Å². The summed E-state index contributed by atoms with van der Waals surface area (Å²) >= 11 is 0. The molecule has 0 aromatic heterocycles. The van der Waals surface area contributed by atoms with E-state index in [4.69, 9.17) is 10.8 Å². The number of non-ortho nitro benzene ring substituents is 1. The van der Waals surface area contributed by atoms with Gasteiger partial charge in [-0.2, -0.15) is 4.31 Å². The summed E-state index contributed by atoms with van der Waals surface area (Å²) in [6, 6.07) is 1.35. The van der Waals surface area contributed by atoms with Crippen LogP contribution in [0.1, 0.15) is 6.42 Å². The number of nitrogens with two attached hydrogens (primary N) is 1. The number of aliphatic hydroxyl groups is 1. The average Bonchev–Trinajstić information content (AvgIpc) is 2.86. The summed E-state index contributed by atoms with van der Waals surface area (Å²) in [4.78, 5) is 8.99. The summed E-state index contributed by atoms with van der Waals surface area (Å²) in [5.74, 6) is -1.46. The van der Waals surface area contributed by atoms with Crippen LogP contribution >= 0.6 is 0 Å². The largest absolute Gasteiger partial charge is 0.397 e. The SMILES string of the molecule is Nc1cc([N+](=O)[O-])cc(F)c1S(=O)(=O)N1CCC(CO)C1. The van der Waals surface area contributed by atoms with Crippen LogP contribution in [-0.2, 0) is 10.0 Å². The number of nitrogen functional groups attached to an aromatic ring is 1. The lowest BCUT2D eigenvalue weighted by atomic mass is 10.1. The minimum atomic E-state index is -4.19. The molecule has 0 amide bonds. The number of nitrogens with zero attached hydrogens (tertiary/aromatic N) is 2. The molecule has 21 heavy (non-hydrogen) atoms.